The van der Waals surface area contributed by atoms with Crippen molar-refractivity contribution in [2.24, 2.45) is 0 Å². The third-order valence-electron chi connectivity index (χ3n) is 7.70. The lowest BCUT2D eigenvalue weighted by molar-refractivity contribution is -0.128. The second-order valence-electron chi connectivity index (χ2n) is 11.4. The number of halogens is 1. The SMILES string of the molecule is CCCC[C@](F)(CC)C(=O)Nc1c(C(C)C)cc(-c2ccc(C(=O)N[C@H](C)c3ccccc3)cc2)cc1C(C)C. The van der Waals surface area contributed by atoms with Gasteiger partial charge in [-0.2, -0.15) is 0 Å². The van der Waals surface area contributed by atoms with Crippen LogP contribution in [0.2, 0.25) is 0 Å². The Bertz CT molecular complexity index is 1260. The maximum Gasteiger partial charge on any atom is 0.262 e. The molecule has 0 aliphatic heterocycles. The highest BCUT2D eigenvalue weighted by Gasteiger charge is 2.37. The van der Waals surface area contributed by atoms with Gasteiger partial charge in [-0.1, -0.05) is 90.4 Å². The third-order valence-corrected chi connectivity index (χ3v) is 7.70. The first-order chi connectivity index (χ1) is 19.0. The number of hydrogen-bond donors (Lipinski definition) is 2. The van der Waals surface area contributed by atoms with Crippen LogP contribution in [-0.4, -0.2) is 17.5 Å². The van der Waals surface area contributed by atoms with Crippen molar-refractivity contribution < 1.29 is 14.0 Å². The van der Waals surface area contributed by atoms with Crippen LogP contribution >= 0.6 is 0 Å². The Balaban J connectivity index is 1.91. The zero-order chi connectivity index (χ0) is 29.4. The molecule has 3 aromatic carbocycles. The molecule has 0 radical (unpaired) electrons. The minimum absolute atomic E-state index is 0.101. The molecule has 3 rings (SSSR count). The Labute approximate surface area is 239 Å². The largest absolute Gasteiger partial charge is 0.346 e. The normalized spacial score (nSPS) is 13.7. The first-order valence-corrected chi connectivity index (χ1v) is 14.6. The van der Waals surface area contributed by atoms with Crippen molar-refractivity contribution in [2.75, 3.05) is 5.32 Å². The predicted molar refractivity (Wildman–Crippen MR) is 165 cm³/mol. The van der Waals surface area contributed by atoms with Crippen LogP contribution in [0.25, 0.3) is 11.1 Å². The monoisotopic (exact) mass is 544 g/mol. The van der Waals surface area contributed by atoms with Crippen molar-refractivity contribution in [3.63, 3.8) is 0 Å². The van der Waals surface area contributed by atoms with Gasteiger partial charge in [0, 0.05) is 11.3 Å². The van der Waals surface area contributed by atoms with Gasteiger partial charge in [0.25, 0.3) is 11.8 Å². The van der Waals surface area contributed by atoms with Gasteiger partial charge in [0.1, 0.15) is 0 Å². The zero-order valence-corrected chi connectivity index (χ0v) is 25.1. The van der Waals surface area contributed by atoms with Crippen LogP contribution in [0, 0.1) is 0 Å². The molecule has 0 bridgehead atoms. The molecule has 0 aromatic heterocycles. The lowest BCUT2D eigenvalue weighted by atomic mass is 9.87. The number of carbonyl (C=O) groups is 2. The van der Waals surface area contributed by atoms with Gasteiger partial charge in [0.2, 0.25) is 0 Å². The molecule has 0 heterocycles. The molecule has 0 unspecified atom stereocenters. The lowest BCUT2D eigenvalue weighted by Crippen LogP contribution is -2.38. The van der Waals surface area contributed by atoms with Crippen molar-refractivity contribution >= 4 is 17.5 Å². The van der Waals surface area contributed by atoms with Gasteiger partial charge < -0.3 is 10.6 Å². The van der Waals surface area contributed by atoms with Crippen LogP contribution in [0.1, 0.15) is 119 Å². The molecule has 0 fully saturated rings. The smallest absolute Gasteiger partial charge is 0.262 e. The maximum absolute atomic E-state index is 15.6. The van der Waals surface area contributed by atoms with E-state index in [0.717, 1.165) is 39.9 Å². The van der Waals surface area contributed by atoms with Crippen molar-refractivity contribution in [3.8, 4) is 11.1 Å². The van der Waals surface area contributed by atoms with Gasteiger partial charge in [-0.3, -0.25) is 9.59 Å². The molecule has 0 saturated heterocycles. The fourth-order valence-electron chi connectivity index (χ4n) is 4.96. The zero-order valence-electron chi connectivity index (χ0n) is 25.1. The molecule has 0 saturated carbocycles. The second-order valence-corrected chi connectivity index (χ2v) is 11.4. The highest BCUT2D eigenvalue weighted by atomic mass is 19.1. The molecule has 3 aromatic rings. The molecule has 4 nitrogen and oxygen atoms in total. The Hall–Kier alpha value is -3.47. The van der Waals surface area contributed by atoms with Crippen molar-refractivity contribution in [3.05, 3.63) is 89.0 Å². The van der Waals surface area contributed by atoms with Crippen molar-refractivity contribution in [1.82, 2.24) is 5.32 Å². The number of rotatable bonds is 12. The summed E-state index contributed by atoms with van der Waals surface area (Å²) in [7, 11) is 0. The minimum atomic E-state index is -1.88. The highest BCUT2D eigenvalue weighted by molar-refractivity contribution is 5.99. The van der Waals surface area contributed by atoms with Crippen LogP contribution in [0.15, 0.2) is 66.7 Å². The molecule has 0 aliphatic carbocycles. The summed E-state index contributed by atoms with van der Waals surface area (Å²) >= 11 is 0. The van der Waals surface area contributed by atoms with E-state index in [0.29, 0.717) is 12.0 Å². The van der Waals surface area contributed by atoms with E-state index >= 15 is 4.39 Å². The summed E-state index contributed by atoms with van der Waals surface area (Å²) < 4.78 is 15.6. The Kier molecular flexibility index (Phi) is 10.7. The highest BCUT2D eigenvalue weighted by Crippen LogP contribution is 2.38. The molecule has 0 aliphatic rings. The summed E-state index contributed by atoms with van der Waals surface area (Å²) in [5.41, 5.74) is 4.41. The summed E-state index contributed by atoms with van der Waals surface area (Å²) in [6, 6.07) is 21.5. The van der Waals surface area contributed by atoms with Crippen molar-refractivity contribution in [2.45, 2.75) is 97.7 Å². The fourth-order valence-corrected chi connectivity index (χ4v) is 4.96. The van der Waals surface area contributed by atoms with E-state index in [1.807, 2.05) is 68.4 Å². The molecular weight excluding hydrogens is 499 g/mol. The van der Waals surface area contributed by atoms with Crippen LogP contribution < -0.4 is 10.6 Å². The lowest BCUT2D eigenvalue weighted by Gasteiger charge is -2.27. The van der Waals surface area contributed by atoms with Gasteiger partial charge in [-0.15, -0.1) is 0 Å². The molecule has 40 heavy (non-hydrogen) atoms. The van der Waals surface area contributed by atoms with Crippen LogP contribution in [-0.2, 0) is 4.79 Å². The predicted octanol–water partition coefficient (Wildman–Crippen LogP) is 9.34. The second kappa shape index (κ2) is 13.7. The Morgan fingerprint density at radius 2 is 1.40 bits per heavy atom. The van der Waals surface area contributed by atoms with Crippen LogP contribution in [0.4, 0.5) is 10.1 Å². The van der Waals surface area contributed by atoms with E-state index in [-0.39, 0.29) is 36.6 Å². The average Bonchev–Trinajstić information content (AvgIpc) is 2.96. The number of anilines is 1. The first-order valence-electron chi connectivity index (χ1n) is 14.6. The number of nitrogens with one attached hydrogen (secondary N) is 2. The average molecular weight is 545 g/mol. The van der Waals surface area contributed by atoms with E-state index in [1.165, 1.54) is 0 Å². The number of alkyl halides is 1. The summed E-state index contributed by atoms with van der Waals surface area (Å²) in [4.78, 5) is 26.1. The number of benzene rings is 3. The summed E-state index contributed by atoms with van der Waals surface area (Å²) in [5, 5.41) is 6.07. The van der Waals surface area contributed by atoms with E-state index in [4.69, 9.17) is 0 Å². The third kappa shape index (κ3) is 7.38. The molecule has 2 atom stereocenters. The molecule has 2 N–H and O–H groups in total. The fraction of sp³-hybridized carbons (Fsp3) is 0.429. The topological polar surface area (TPSA) is 58.2 Å². The van der Waals surface area contributed by atoms with E-state index in [2.05, 4.69) is 50.5 Å². The number of unbranched alkanes of at least 4 members (excludes halogenated alkanes) is 1. The van der Waals surface area contributed by atoms with E-state index < -0.39 is 11.6 Å². The van der Waals surface area contributed by atoms with Gasteiger partial charge in [-0.25, -0.2) is 4.39 Å². The molecule has 5 heteroatoms. The number of hydrogen-bond acceptors (Lipinski definition) is 2. The first kappa shape index (κ1) is 31.1. The summed E-state index contributed by atoms with van der Waals surface area (Å²) in [6.07, 6.45) is 1.88. The quantitative estimate of drug-likeness (QED) is 0.239. The Morgan fingerprint density at radius 1 is 0.825 bits per heavy atom. The van der Waals surface area contributed by atoms with Gasteiger partial charge in [0.15, 0.2) is 5.67 Å². The van der Waals surface area contributed by atoms with Crippen LogP contribution in [0.5, 0.6) is 0 Å². The number of amides is 2. The standard InChI is InChI=1S/C35H45FN2O2/c1-8-10-20-35(36,9-2)34(40)38-32-30(23(3)4)21-29(22-31(32)24(5)6)27-16-18-28(19-17-27)33(39)37-25(7)26-14-12-11-13-15-26/h11-19,21-25H,8-10,20H2,1-7H3,(H,37,39)(H,38,40)/t25-,35-/m1/s1. The van der Waals surface area contributed by atoms with Gasteiger partial charge in [0.05, 0.1) is 6.04 Å². The van der Waals surface area contributed by atoms with Crippen molar-refractivity contribution in [1.29, 1.82) is 0 Å². The summed E-state index contributed by atoms with van der Waals surface area (Å²) in [6.45, 7) is 14.0. The molecule has 2 amide bonds. The van der Waals surface area contributed by atoms with E-state index in [9.17, 15) is 9.59 Å². The maximum atomic E-state index is 15.6. The Morgan fingerprint density at radius 3 is 1.90 bits per heavy atom. The molecule has 0 spiro atoms. The molecular formula is C35H45FN2O2. The molecule has 214 valence electrons. The summed E-state index contributed by atoms with van der Waals surface area (Å²) in [5.74, 6) is -0.451. The number of carbonyl (C=O) groups excluding carboxylic acids is 2. The van der Waals surface area contributed by atoms with Crippen LogP contribution in [0.3, 0.4) is 0 Å². The minimum Gasteiger partial charge on any atom is -0.346 e. The van der Waals surface area contributed by atoms with Gasteiger partial charge in [-0.05, 0) is 90.1 Å². The van der Waals surface area contributed by atoms with Gasteiger partial charge >= 0.3 is 0 Å². The van der Waals surface area contributed by atoms with E-state index in [1.54, 1.807) is 6.92 Å².